The summed E-state index contributed by atoms with van der Waals surface area (Å²) in [5.74, 6) is 0.728. The Bertz CT molecular complexity index is 542. The Kier molecular flexibility index (Phi) is 4.22. The van der Waals surface area contributed by atoms with Crippen LogP contribution in [-0.4, -0.2) is 17.2 Å². The van der Waals surface area contributed by atoms with Gasteiger partial charge in [-0.25, -0.2) is 4.98 Å². The van der Waals surface area contributed by atoms with Crippen LogP contribution in [-0.2, 0) is 6.42 Å². The number of hydrogen-bond donors (Lipinski definition) is 1. The van der Waals surface area contributed by atoms with Gasteiger partial charge in [0.05, 0.1) is 7.11 Å². The summed E-state index contributed by atoms with van der Waals surface area (Å²) in [5.41, 5.74) is 1.80. The van der Waals surface area contributed by atoms with Gasteiger partial charge in [-0.15, -0.1) is 11.3 Å². The molecule has 0 spiro atoms. The maximum absolute atomic E-state index is 10.1. The van der Waals surface area contributed by atoms with Crippen molar-refractivity contribution in [3.63, 3.8) is 0 Å². The van der Waals surface area contributed by atoms with Crippen LogP contribution in [0.5, 0.6) is 5.75 Å². The molecular weight excluding hydrogens is 270 g/mol. The number of halogens is 1. The first-order chi connectivity index (χ1) is 8.60. The van der Waals surface area contributed by atoms with Crippen molar-refractivity contribution in [2.75, 3.05) is 7.11 Å². The molecular formula is C13H14ClNO2S. The summed E-state index contributed by atoms with van der Waals surface area (Å²) in [4.78, 5) is 4.28. The summed E-state index contributed by atoms with van der Waals surface area (Å²) in [6.45, 7) is 1.91. The summed E-state index contributed by atoms with van der Waals surface area (Å²) >= 11 is 7.42. The van der Waals surface area contributed by atoms with E-state index in [1.165, 1.54) is 11.3 Å². The van der Waals surface area contributed by atoms with Gasteiger partial charge in [-0.3, -0.25) is 0 Å². The van der Waals surface area contributed by atoms with Gasteiger partial charge in [0.15, 0.2) is 0 Å². The molecule has 0 saturated heterocycles. The van der Waals surface area contributed by atoms with E-state index >= 15 is 0 Å². The van der Waals surface area contributed by atoms with Crippen molar-refractivity contribution < 1.29 is 9.84 Å². The Morgan fingerprint density at radius 1 is 1.50 bits per heavy atom. The number of aliphatic hydroxyl groups excluding tert-OH is 1. The molecule has 0 amide bonds. The van der Waals surface area contributed by atoms with Crippen LogP contribution >= 0.6 is 22.9 Å². The van der Waals surface area contributed by atoms with Gasteiger partial charge < -0.3 is 9.84 Å². The smallest absolute Gasteiger partial charge is 0.122 e. The van der Waals surface area contributed by atoms with Gasteiger partial charge in [0.25, 0.3) is 0 Å². The molecule has 3 nitrogen and oxygen atoms in total. The molecule has 18 heavy (non-hydrogen) atoms. The highest BCUT2D eigenvalue weighted by Gasteiger charge is 2.15. The van der Waals surface area contributed by atoms with Gasteiger partial charge in [-0.05, 0) is 30.7 Å². The lowest BCUT2D eigenvalue weighted by atomic mass is 10.1. The molecule has 1 N–H and O–H groups in total. The number of thiazole rings is 1. The van der Waals surface area contributed by atoms with E-state index in [0.717, 1.165) is 22.0 Å². The molecule has 0 aliphatic heterocycles. The second-order valence-electron chi connectivity index (χ2n) is 4.00. The number of nitrogens with zero attached hydrogens (tertiary/aromatic N) is 1. The second kappa shape index (κ2) is 5.69. The van der Waals surface area contributed by atoms with Crippen molar-refractivity contribution in [1.82, 2.24) is 4.98 Å². The normalized spacial score (nSPS) is 12.4. The molecule has 1 unspecified atom stereocenters. The van der Waals surface area contributed by atoms with Crippen LogP contribution < -0.4 is 4.74 Å². The first-order valence-corrected chi connectivity index (χ1v) is 6.78. The second-order valence-corrected chi connectivity index (χ2v) is 5.33. The molecule has 1 aromatic carbocycles. The van der Waals surface area contributed by atoms with E-state index in [0.29, 0.717) is 11.4 Å². The number of methoxy groups -OCH3 is 1. The number of aliphatic hydroxyl groups is 1. The van der Waals surface area contributed by atoms with Crippen LogP contribution in [0, 0.1) is 6.92 Å². The number of aryl methyl sites for hydroxylation is 1. The Balaban J connectivity index is 2.20. The quantitative estimate of drug-likeness (QED) is 0.935. The molecule has 1 atom stereocenters. The molecule has 2 aromatic rings. The molecule has 1 aromatic heterocycles. The lowest BCUT2D eigenvalue weighted by molar-refractivity contribution is 0.176. The number of ether oxygens (including phenoxy) is 1. The molecule has 0 aliphatic rings. The summed E-state index contributed by atoms with van der Waals surface area (Å²) < 4.78 is 5.26. The summed E-state index contributed by atoms with van der Waals surface area (Å²) in [6, 6.07) is 5.38. The van der Waals surface area contributed by atoms with Crippen molar-refractivity contribution in [3.8, 4) is 5.75 Å². The van der Waals surface area contributed by atoms with Gasteiger partial charge in [0.1, 0.15) is 16.9 Å². The minimum Gasteiger partial charge on any atom is -0.496 e. The summed E-state index contributed by atoms with van der Waals surface area (Å²) in [6.07, 6.45) is -0.187. The Morgan fingerprint density at radius 2 is 2.28 bits per heavy atom. The molecule has 96 valence electrons. The highest BCUT2D eigenvalue weighted by molar-refractivity contribution is 7.09. The molecule has 2 rings (SSSR count). The van der Waals surface area contributed by atoms with E-state index in [1.54, 1.807) is 19.2 Å². The predicted molar refractivity (Wildman–Crippen MR) is 73.5 cm³/mol. The monoisotopic (exact) mass is 283 g/mol. The average Bonchev–Trinajstić information content (AvgIpc) is 2.76. The number of rotatable bonds is 4. The fraction of sp³-hybridized carbons (Fsp3) is 0.308. The fourth-order valence-electron chi connectivity index (χ4n) is 1.73. The topological polar surface area (TPSA) is 42.4 Å². The highest BCUT2D eigenvalue weighted by atomic mass is 35.5. The van der Waals surface area contributed by atoms with Crippen LogP contribution in [0.3, 0.4) is 0 Å². The lowest BCUT2D eigenvalue weighted by Gasteiger charge is -2.12. The minimum atomic E-state index is -0.629. The molecule has 0 saturated carbocycles. The van der Waals surface area contributed by atoms with Crippen LogP contribution in [0.2, 0.25) is 5.02 Å². The van der Waals surface area contributed by atoms with Gasteiger partial charge in [-0.2, -0.15) is 0 Å². The Hall–Kier alpha value is -1.10. The summed E-state index contributed by atoms with van der Waals surface area (Å²) in [5, 5.41) is 13.4. The zero-order chi connectivity index (χ0) is 13.1. The van der Waals surface area contributed by atoms with Crippen LogP contribution in [0.25, 0.3) is 0 Å². The van der Waals surface area contributed by atoms with Gasteiger partial charge in [0.2, 0.25) is 0 Å². The predicted octanol–water partition coefficient (Wildman–Crippen LogP) is 3.39. The maximum Gasteiger partial charge on any atom is 0.122 e. The average molecular weight is 284 g/mol. The van der Waals surface area contributed by atoms with Crippen LogP contribution in [0.15, 0.2) is 23.6 Å². The molecule has 0 fully saturated rings. The van der Waals surface area contributed by atoms with E-state index in [9.17, 15) is 5.11 Å². The van der Waals surface area contributed by atoms with Crippen LogP contribution in [0.1, 0.15) is 22.4 Å². The van der Waals surface area contributed by atoms with Gasteiger partial charge in [-0.1, -0.05) is 11.6 Å². The van der Waals surface area contributed by atoms with Crippen molar-refractivity contribution in [3.05, 3.63) is 44.9 Å². The zero-order valence-corrected chi connectivity index (χ0v) is 11.8. The first-order valence-electron chi connectivity index (χ1n) is 5.52. The molecule has 0 bridgehead atoms. The van der Waals surface area contributed by atoms with E-state index in [-0.39, 0.29) is 0 Å². The van der Waals surface area contributed by atoms with Crippen molar-refractivity contribution in [2.24, 2.45) is 0 Å². The minimum absolute atomic E-state index is 0.441. The SMILES string of the molecule is COc1ccc(Cl)cc1CC(O)c1nc(C)cs1. The number of hydrogen-bond acceptors (Lipinski definition) is 4. The fourth-order valence-corrected chi connectivity index (χ4v) is 2.70. The molecule has 0 radical (unpaired) electrons. The third kappa shape index (κ3) is 3.02. The standard InChI is InChI=1S/C13H14ClNO2S/c1-8-7-18-13(15-8)11(16)6-9-5-10(14)3-4-12(9)17-2/h3-5,7,11,16H,6H2,1-2H3. The van der Waals surface area contributed by atoms with E-state index < -0.39 is 6.10 Å². The van der Waals surface area contributed by atoms with Crippen molar-refractivity contribution in [1.29, 1.82) is 0 Å². The summed E-state index contributed by atoms with van der Waals surface area (Å²) in [7, 11) is 1.60. The van der Waals surface area contributed by atoms with Gasteiger partial charge >= 0.3 is 0 Å². The molecule has 0 aliphatic carbocycles. The highest BCUT2D eigenvalue weighted by Crippen LogP contribution is 2.28. The Morgan fingerprint density at radius 3 is 2.89 bits per heavy atom. The van der Waals surface area contributed by atoms with Gasteiger partial charge in [0, 0.05) is 22.5 Å². The van der Waals surface area contributed by atoms with E-state index in [4.69, 9.17) is 16.3 Å². The Labute approximate surface area is 115 Å². The molecule has 5 heteroatoms. The number of benzene rings is 1. The maximum atomic E-state index is 10.1. The zero-order valence-electron chi connectivity index (χ0n) is 10.2. The molecule has 1 heterocycles. The van der Waals surface area contributed by atoms with Crippen LogP contribution in [0.4, 0.5) is 0 Å². The van der Waals surface area contributed by atoms with Crippen molar-refractivity contribution in [2.45, 2.75) is 19.4 Å². The first kappa shape index (κ1) is 13.3. The largest absolute Gasteiger partial charge is 0.496 e. The third-order valence-corrected chi connectivity index (χ3v) is 3.88. The lowest BCUT2D eigenvalue weighted by Crippen LogP contribution is -2.03. The van der Waals surface area contributed by atoms with Crippen molar-refractivity contribution >= 4 is 22.9 Å². The number of aromatic nitrogens is 1. The van der Waals surface area contributed by atoms with E-state index in [2.05, 4.69) is 4.98 Å². The third-order valence-electron chi connectivity index (χ3n) is 2.58. The van der Waals surface area contributed by atoms with E-state index in [1.807, 2.05) is 18.4 Å².